The van der Waals surface area contributed by atoms with Crippen molar-refractivity contribution in [3.63, 3.8) is 0 Å². The van der Waals surface area contributed by atoms with Crippen LogP contribution in [0.2, 0.25) is 0 Å². The van der Waals surface area contributed by atoms with Crippen molar-refractivity contribution in [2.24, 2.45) is 5.92 Å². The maximum Gasteiger partial charge on any atom is 0.241 e. The van der Waals surface area contributed by atoms with Crippen molar-refractivity contribution >= 4 is 11.8 Å². The minimum Gasteiger partial charge on any atom is -0.347 e. The van der Waals surface area contributed by atoms with Crippen molar-refractivity contribution in [2.45, 2.75) is 25.7 Å². The van der Waals surface area contributed by atoms with Gasteiger partial charge in [-0.15, -0.1) is 0 Å². The summed E-state index contributed by atoms with van der Waals surface area (Å²) in [6.07, 6.45) is 3.09. The molecule has 0 aliphatic carbocycles. The van der Waals surface area contributed by atoms with Crippen LogP contribution in [0.3, 0.4) is 0 Å². The van der Waals surface area contributed by atoms with Crippen LogP contribution >= 0.6 is 0 Å². The molecule has 142 valence electrons. The fourth-order valence-electron chi connectivity index (χ4n) is 3.51. The fraction of sp³-hybridized carbons (Fsp3) is 0.364. The molecule has 1 fully saturated rings. The molecule has 4 nitrogen and oxygen atoms in total. The van der Waals surface area contributed by atoms with Crippen molar-refractivity contribution in [1.82, 2.24) is 10.2 Å². The van der Waals surface area contributed by atoms with Crippen molar-refractivity contribution in [1.29, 1.82) is 0 Å². The van der Waals surface area contributed by atoms with Gasteiger partial charge in [-0.2, -0.15) is 0 Å². The molecular weight excluding hydrogens is 343 g/mol. The number of benzene rings is 2. The highest BCUT2D eigenvalue weighted by Gasteiger charge is 2.23. The lowest BCUT2D eigenvalue weighted by molar-refractivity contribution is -0.133. The molecule has 1 heterocycles. The van der Waals surface area contributed by atoms with Gasteiger partial charge >= 0.3 is 0 Å². The van der Waals surface area contributed by atoms with Crippen LogP contribution in [0.1, 0.15) is 24.0 Å². The summed E-state index contributed by atoms with van der Waals surface area (Å²) in [7, 11) is 0. The van der Waals surface area contributed by atoms with E-state index in [-0.39, 0.29) is 30.6 Å². The van der Waals surface area contributed by atoms with Gasteiger partial charge in [0.1, 0.15) is 5.82 Å². The predicted molar refractivity (Wildman–Crippen MR) is 103 cm³/mol. The standard InChI is InChI=1S/C22H25FN2O2/c23-20-8-4-7-19(14-20)15-21(26)24-16-22(27)25-11-9-18(10-12-25)13-17-5-2-1-3-6-17/h1-8,14,18H,9-13,15-16H2,(H,24,26). The Hall–Kier alpha value is -2.69. The van der Waals surface area contributed by atoms with Gasteiger partial charge in [0.15, 0.2) is 0 Å². The predicted octanol–water partition coefficient (Wildman–Crippen LogP) is 2.97. The number of rotatable bonds is 6. The molecular formula is C22H25FN2O2. The van der Waals surface area contributed by atoms with Crippen LogP contribution in [0.15, 0.2) is 54.6 Å². The number of hydrogen-bond donors (Lipinski definition) is 1. The Labute approximate surface area is 159 Å². The maximum absolute atomic E-state index is 13.2. The fourth-order valence-corrected chi connectivity index (χ4v) is 3.51. The summed E-state index contributed by atoms with van der Waals surface area (Å²) >= 11 is 0. The Bertz CT molecular complexity index is 771. The largest absolute Gasteiger partial charge is 0.347 e. The van der Waals surface area contributed by atoms with E-state index in [1.54, 1.807) is 12.1 Å². The summed E-state index contributed by atoms with van der Waals surface area (Å²) < 4.78 is 13.2. The van der Waals surface area contributed by atoms with Gasteiger partial charge < -0.3 is 10.2 Å². The number of amides is 2. The Kier molecular flexibility index (Phi) is 6.58. The van der Waals surface area contributed by atoms with E-state index >= 15 is 0 Å². The van der Waals surface area contributed by atoms with Crippen LogP contribution in [0.25, 0.3) is 0 Å². The molecule has 27 heavy (non-hydrogen) atoms. The van der Waals surface area contributed by atoms with Gasteiger partial charge in [0, 0.05) is 13.1 Å². The highest BCUT2D eigenvalue weighted by Crippen LogP contribution is 2.21. The van der Waals surface area contributed by atoms with Crippen LogP contribution in [-0.2, 0) is 22.4 Å². The van der Waals surface area contributed by atoms with E-state index < -0.39 is 0 Å². The lowest BCUT2D eigenvalue weighted by Gasteiger charge is -2.32. The Morgan fingerprint density at radius 2 is 1.70 bits per heavy atom. The first kappa shape index (κ1) is 19.1. The molecule has 2 aromatic carbocycles. The number of carbonyl (C=O) groups excluding carboxylic acids is 2. The number of halogens is 1. The van der Waals surface area contributed by atoms with Crippen molar-refractivity contribution in [3.05, 3.63) is 71.5 Å². The third kappa shape index (κ3) is 5.91. The van der Waals surface area contributed by atoms with Gasteiger partial charge in [0.2, 0.25) is 11.8 Å². The topological polar surface area (TPSA) is 49.4 Å². The minimum absolute atomic E-state index is 0.00248. The number of likely N-dealkylation sites (tertiary alicyclic amines) is 1. The first-order valence-corrected chi connectivity index (χ1v) is 9.43. The van der Waals surface area contributed by atoms with Crippen molar-refractivity contribution in [2.75, 3.05) is 19.6 Å². The van der Waals surface area contributed by atoms with Crippen LogP contribution in [0, 0.1) is 11.7 Å². The number of hydrogen-bond acceptors (Lipinski definition) is 2. The molecule has 1 aliphatic heterocycles. The molecule has 0 unspecified atom stereocenters. The number of nitrogens with one attached hydrogen (secondary N) is 1. The Morgan fingerprint density at radius 1 is 1.00 bits per heavy atom. The first-order valence-electron chi connectivity index (χ1n) is 9.43. The molecule has 0 aromatic heterocycles. The van der Waals surface area contributed by atoms with Crippen LogP contribution in [0.5, 0.6) is 0 Å². The molecule has 1 N–H and O–H groups in total. The number of carbonyl (C=O) groups is 2. The SMILES string of the molecule is O=C(Cc1cccc(F)c1)NCC(=O)N1CCC(Cc2ccccc2)CC1. The van der Waals surface area contributed by atoms with E-state index in [4.69, 9.17) is 0 Å². The summed E-state index contributed by atoms with van der Waals surface area (Å²) in [6.45, 7) is 1.46. The van der Waals surface area contributed by atoms with Gasteiger partial charge in [-0.25, -0.2) is 4.39 Å². The Morgan fingerprint density at radius 3 is 2.41 bits per heavy atom. The van der Waals surface area contributed by atoms with Gasteiger partial charge in [-0.05, 0) is 48.4 Å². The molecule has 2 amide bonds. The van der Waals surface area contributed by atoms with E-state index in [0.29, 0.717) is 11.5 Å². The average Bonchev–Trinajstić information content (AvgIpc) is 2.67. The second kappa shape index (κ2) is 9.31. The zero-order valence-electron chi connectivity index (χ0n) is 15.4. The Balaban J connectivity index is 1.38. The molecule has 0 atom stereocenters. The van der Waals surface area contributed by atoms with Gasteiger partial charge in [0.25, 0.3) is 0 Å². The van der Waals surface area contributed by atoms with E-state index in [1.165, 1.54) is 17.7 Å². The zero-order valence-corrected chi connectivity index (χ0v) is 15.4. The molecule has 3 rings (SSSR count). The summed E-state index contributed by atoms with van der Waals surface area (Å²) in [5.74, 6) is -0.0950. The first-order chi connectivity index (χ1) is 13.1. The molecule has 0 saturated carbocycles. The molecule has 0 spiro atoms. The summed E-state index contributed by atoms with van der Waals surface area (Å²) in [5.41, 5.74) is 1.94. The third-order valence-corrected chi connectivity index (χ3v) is 5.02. The van der Waals surface area contributed by atoms with Crippen LogP contribution in [0.4, 0.5) is 4.39 Å². The van der Waals surface area contributed by atoms with Gasteiger partial charge in [0.05, 0.1) is 13.0 Å². The number of nitrogens with zero attached hydrogens (tertiary/aromatic N) is 1. The smallest absolute Gasteiger partial charge is 0.241 e. The van der Waals surface area contributed by atoms with E-state index in [2.05, 4.69) is 29.6 Å². The van der Waals surface area contributed by atoms with Crippen molar-refractivity contribution in [3.8, 4) is 0 Å². The van der Waals surface area contributed by atoms with E-state index in [0.717, 1.165) is 32.4 Å². The second-order valence-corrected chi connectivity index (χ2v) is 7.10. The summed E-state index contributed by atoms with van der Waals surface area (Å²) in [5, 5.41) is 2.65. The highest BCUT2D eigenvalue weighted by atomic mass is 19.1. The van der Waals surface area contributed by atoms with Gasteiger partial charge in [-0.3, -0.25) is 9.59 Å². The molecule has 2 aromatic rings. The van der Waals surface area contributed by atoms with Gasteiger partial charge in [-0.1, -0.05) is 42.5 Å². The molecule has 1 aliphatic rings. The summed E-state index contributed by atoms with van der Waals surface area (Å²) in [6, 6.07) is 16.4. The van der Waals surface area contributed by atoms with Crippen LogP contribution < -0.4 is 5.32 Å². The lowest BCUT2D eigenvalue weighted by Crippen LogP contribution is -2.44. The van der Waals surface area contributed by atoms with E-state index in [1.807, 2.05) is 11.0 Å². The molecule has 0 radical (unpaired) electrons. The normalized spacial score (nSPS) is 14.8. The monoisotopic (exact) mass is 368 g/mol. The summed E-state index contributed by atoms with van der Waals surface area (Å²) in [4.78, 5) is 26.1. The maximum atomic E-state index is 13.2. The lowest BCUT2D eigenvalue weighted by atomic mass is 9.90. The molecule has 1 saturated heterocycles. The average molecular weight is 368 g/mol. The van der Waals surface area contributed by atoms with E-state index in [9.17, 15) is 14.0 Å². The highest BCUT2D eigenvalue weighted by molar-refractivity contribution is 5.85. The zero-order chi connectivity index (χ0) is 19.1. The quantitative estimate of drug-likeness (QED) is 0.852. The van der Waals surface area contributed by atoms with Crippen molar-refractivity contribution < 1.29 is 14.0 Å². The molecule has 0 bridgehead atoms. The number of piperidine rings is 1. The third-order valence-electron chi connectivity index (χ3n) is 5.02. The minimum atomic E-state index is -0.366. The molecule has 5 heteroatoms. The van der Waals surface area contributed by atoms with Crippen LogP contribution in [-0.4, -0.2) is 36.3 Å². The second-order valence-electron chi connectivity index (χ2n) is 7.10.